The largest absolute Gasteiger partial charge is 0.256 e. The lowest BCUT2D eigenvalue weighted by atomic mass is 9.84. The Morgan fingerprint density at radius 3 is 1.53 bits per heavy atom. The van der Waals surface area contributed by atoms with Crippen molar-refractivity contribution in [2.24, 2.45) is 0 Å². The first-order valence-electron chi connectivity index (χ1n) is 13.7. The molecule has 178 valence electrons. The molecular weight excluding hydrogens is 458 g/mol. The third-order valence-corrected chi connectivity index (χ3v) is 9.07. The fourth-order valence-electron chi connectivity index (χ4n) is 7.49. The van der Waals surface area contributed by atoms with Crippen LogP contribution in [-0.2, 0) is 25.7 Å². The highest BCUT2D eigenvalue weighted by atomic mass is 14.7. The van der Waals surface area contributed by atoms with Crippen molar-refractivity contribution in [1.29, 1.82) is 0 Å². The van der Waals surface area contributed by atoms with E-state index in [1.807, 2.05) is 6.20 Å². The van der Waals surface area contributed by atoms with Crippen LogP contribution in [-0.4, -0.2) is 4.98 Å². The van der Waals surface area contributed by atoms with E-state index in [0.29, 0.717) is 0 Å². The monoisotopic (exact) mass is 483 g/mol. The highest BCUT2D eigenvalue weighted by Gasteiger charge is 2.23. The minimum absolute atomic E-state index is 1.09. The van der Waals surface area contributed by atoms with Crippen molar-refractivity contribution in [3.63, 3.8) is 0 Å². The van der Waals surface area contributed by atoms with Gasteiger partial charge in [-0.05, 0) is 103 Å². The zero-order valence-corrected chi connectivity index (χ0v) is 21.1. The van der Waals surface area contributed by atoms with Crippen LogP contribution in [0.2, 0.25) is 0 Å². The maximum Gasteiger partial charge on any atom is 0.0793 e. The van der Waals surface area contributed by atoms with Gasteiger partial charge in [0, 0.05) is 17.1 Å². The first-order chi connectivity index (χ1) is 18.9. The summed E-state index contributed by atoms with van der Waals surface area (Å²) in [5.41, 5.74) is 12.2. The molecule has 1 nitrogen and oxygen atoms in total. The zero-order chi connectivity index (χ0) is 24.8. The second kappa shape index (κ2) is 7.52. The van der Waals surface area contributed by atoms with Gasteiger partial charge in [-0.25, -0.2) is 0 Å². The summed E-state index contributed by atoms with van der Waals surface area (Å²) < 4.78 is 0. The predicted octanol–water partition coefficient (Wildman–Crippen LogP) is 9.23. The van der Waals surface area contributed by atoms with Gasteiger partial charge in [0.2, 0.25) is 0 Å². The summed E-state index contributed by atoms with van der Waals surface area (Å²) in [7, 11) is 0. The second-order valence-electron chi connectivity index (χ2n) is 10.9. The van der Waals surface area contributed by atoms with Crippen LogP contribution in [0.15, 0.2) is 103 Å². The van der Waals surface area contributed by atoms with Crippen LogP contribution in [0.3, 0.4) is 0 Å². The van der Waals surface area contributed by atoms with Gasteiger partial charge >= 0.3 is 0 Å². The molecule has 0 amide bonds. The van der Waals surface area contributed by atoms with Gasteiger partial charge in [0.05, 0.1) is 5.52 Å². The molecule has 6 aromatic carbocycles. The summed E-state index contributed by atoms with van der Waals surface area (Å²) in [6.45, 7) is 0. The van der Waals surface area contributed by atoms with E-state index in [1.165, 1.54) is 82.2 Å². The van der Waals surface area contributed by atoms with Gasteiger partial charge in [-0.2, -0.15) is 0 Å². The highest BCUT2D eigenvalue weighted by Crippen LogP contribution is 2.48. The molecule has 2 aliphatic carbocycles. The van der Waals surface area contributed by atoms with Crippen LogP contribution >= 0.6 is 0 Å². The lowest BCUT2D eigenvalue weighted by Crippen LogP contribution is -1.94. The Morgan fingerprint density at radius 2 is 0.895 bits per heavy atom. The molecule has 9 rings (SSSR count). The summed E-state index contributed by atoms with van der Waals surface area (Å²) in [5, 5.41) is 9.43. The first-order valence-corrected chi connectivity index (χ1v) is 13.7. The van der Waals surface area contributed by atoms with E-state index in [9.17, 15) is 0 Å². The lowest BCUT2D eigenvalue weighted by molar-refractivity contribution is 1.02. The molecule has 0 radical (unpaired) electrons. The van der Waals surface area contributed by atoms with Crippen LogP contribution in [0.5, 0.6) is 0 Å². The maximum absolute atomic E-state index is 5.09. The fraction of sp³-hybridized carbons (Fsp3) is 0.108. The van der Waals surface area contributed by atoms with Crippen LogP contribution in [0, 0.1) is 0 Å². The Labute approximate surface area is 221 Å². The molecule has 0 aliphatic heterocycles. The number of hydrogen-bond donors (Lipinski definition) is 0. The van der Waals surface area contributed by atoms with Gasteiger partial charge in [-0.15, -0.1) is 0 Å². The van der Waals surface area contributed by atoms with E-state index in [4.69, 9.17) is 4.98 Å². The molecule has 38 heavy (non-hydrogen) atoms. The summed E-state index contributed by atoms with van der Waals surface area (Å²) in [4.78, 5) is 5.09. The smallest absolute Gasteiger partial charge is 0.0793 e. The minimum atomic E-state index is 1.09. The molecule has 0 unspecified atom stereocenters. The molecular formula is C37H25N. The highest BCUT2D eigenvalue weighted by molar-refractivity contribution is 6.24. The van der Waals surface area contributed by atoms with Gasteiger partial charge in [-0.1, -0.05) is 91.0 Å². The number of aryl methyl sites for hydroxylation is 4. The van der Waals surface area contributed by atoms with Gasteiger partial charge in [0.1, 0.15) is 0 Å². The van der Waals surface area contributed by atoms with Crippen LogP contribution in [0.1, 0.15) is 22.3 Å². The number of rotatable bonds is 2. The Kier molecular flexibility index (Phi) is 4.07. The number of pyridine rings is 1. The second-order valence-corrected chi connectivity index (χ2v) is 10.9. The van der Waals surface area contributed by atoms with E-state index in [1.54, 1.807) is 0 Å². The average molecular weight is 484 g/mol. The number of aromatic nitrogens is 1. The van der Waals surface area contributed by atoms with Crippen molar-refractivity contribution in [3.8, 4) is 22.3 Å². The topological polar surface area (TPSA) is 12.9 Å². The van der Waals surface area contributed by atoms with Crippen molar-refractivity contribution in [3.05, 3.63) is 126 Å². The van der Waals surface area contributed by atoms with Crippen LogP contribution in [0.4, 0.5) is 0 Å². The molecule has 7 aromatic rings. The molecule has 0 bridgehead atoms. The van der Waals surface area contributed by atoms with Crippen molar-refractivity contribution in [2.75, 3.05) is 0 Å². The van der Waals surface area contributed by atoms with Gasteiger partial charge in [0.25, 0.3) is 0 Å². The standard InChI is InChI=1S/C37H25N/c1-2-9-29-28(8-1)35(30-19-17-24-15-13-22-6-3-10-26(30)33(22)24)32-12-5-21-38-37(32)36(29)31-20-18-25-16-14-23-7-4-11-27(31)34(23)25/h1-12,17-21H,13-16H2. The summed E-state index contributed by atoms with van der Waals surface area (Å²) in [6, 6.07) is 36.5. The van der Waals surface area contributed by atoms with Crippen molar-refractivity contribution < 1.29 is 0 Å². The molecule has 1 heterocycles. The summed E-state index contributed by atoms with van der Waals surface area (Å²) in [6.07, 6.45) is 6.52. The molecule has 1 heteroatoms. The summed E-state index contributed by atoms with van der Waals surface area (Å²) >= 11 is 0. The lowest BCUT2D eigenvalue weighted by Gasteiger charge is -2.19. The Bertz CT molecular complexity index is 1900. The first kappa shape index (κ1) is 20.6. The Morgan fingerprint density at radius 1 is 0.395 bits per heavy atom. The van der Waals surface area contributed by atoms with Gasteiger partial charge in [-0.3, -0.25) is 4.98 Å². The Hall–Kier alpha value is -4.49. The molecule has 0 N–H and O–H groups in total. The van der Waals surface area contributed by atoms with E-state index in [-0.39, 0.29) is 0 Å². The van der Waals surface area contributed by atoms with Gasteiger partial charge < -0.3 is 0 Å². The summed E-state index contributed by atoms with van der Waals surface area (Å²) in [5.74, 6) is 0. The van der Waals surface area contributed by atoms with Crippen molar-refractivity contribution in [2.45, 2.75) is 25.7 Å². The average Bonchev–Trinajstić information content (AvgIpc) is 3.59. The third kappa shape index (κ3) is 2.63. The number of nitrogens with zero attached hydrogens (tertiary/aromatic N) is 1. The molecule has 0 saturated heterocycles. The normalized spacial score (nSPS) is 13.9. The van der Waals surface area contributed by atoms with E-state index < -0.39 is 0 Å². The molecule has 0 saturated carbocycles. The molecule has 0 fully saturated rings. The number of fused-ring (bicyclic) bond motifs is 2. The van der Waals surface area contributed by atoms with E-state index in [0.717, 1.165) is 31.2 Å². The van der Waals surface area contributed by atoms with E-state index >= 15 is 0 Å². The quantitative estimate of drug-likeness (QED) is 0.223. The van der Waals surface area contributed by atoms with Crippen LogP contribution in [0.25, 0.3) is 65.5 Å². The van der Waals surface area contributed by atoms with Gasteiger partial charge in [0.15, 0.2) is 0 Å². The predicted molar refractivity (Wildman–Crippen MR) is 160 cm³/mol. The molecule has 0 spiro atoms. The van der Waals surface area contributed by atoms with Crippen molar-refractivity contribution in [1.82, 2.24) is 4.98 Å². The zero-order valence-electron chi connectivity index (χ0n) is 21.1. The van der Waals surface area contributed by atoms with E-state index in [2.05, 4.69) is 97.1 Å². The third-order valence-electron chi connectivity index (χ3n) is 9.07. The Balaban J connectivity index is 1.46. The molecule has 0 atom stereocenters. The maximum atomic E-state index is 5.09. The molecule has 1 aromatic heterocycles. The number of hydrogen-bond acceptors (Lipinski definition) is 1. The van der Waals surface area contributed by atoms with Crippen LogP contribution < -0.4 is 0 Å². The SMILES string of the molecule is c1ccc2c(-c3ccc4c5c(cccc35)CC4)c3ncccc3c(-c3ccc4c5c(cccc35)CC4)c2c1. The minimum Gasteiger partial charge on any atom is -0.256 e. The van der Waals surface area contributed by atoms with Crippen molar-refractivity contribution >= 4 is 43.2 Å². The fourth-order valence-corrected chi connectivity index (χ4v) is 7.49. The number of benzene rings is 6. The molecule has 2 aliphatic rings.